The molecule has 0 fully saturated rings. The van der Waals surface area contributed by atoms with E-state index in [1.54, 1.807) is 24.3 Å². The van der Waals surface area contributed by atoms with Gasteiger partial charge in [-0.1, -0.05) is 12.1 Å². The maximum Gasteiger partial charge on any atom is 0.513 e. The molecule has 0 atom stereocenters. The number of carbonyl (C=O) groups excluding carboxylic acids is 2. The molecule has 2 aromatic rings. The van der Waals surface area contributed by atoms with Crippen LogP contribution in [-0.2, 0) is 19.6 Å². The second kappa shape index (κ2) is 11.0. The number of sulfonamides is 1. The number of benzene rings is 2. The van der Waals surface area contributed by atoms with Crippen LogP contribution < -0.4 is 23.9 Å². The van der Waals surface area contributed by atoms with E-state index in [4.69, 9.17) is 14.2 Å². The van der Waals surface area contributed by atoms with E-state index < -0.39 is 28.6 Å². The molecule has 1 N–H and O–H groups in total. The van der Waals surface area contributed by atoms with Crippen molar-refractivity contribution in [2.24, 2.45) is 5.10 Å². The third-order valence-electron chi connectivity index (χ3n) is 3.99. The highest BCUT2D eigenvalue weighted by Gasteiger charge is 2.23. The molecule has 0 saturated carbocycles. The van der Waals surface area contributed by atoms with Crippen LogP contribution >= 0.6 is 0 Å². The van der Waals surface area contributed by atoms with E-state index in [1.807, 2.05) is 0 Å². The number of para-hydroxylation sites is 2. The average Bonchev–Trinajstić information content (AvgIpc) is 2.77. The van der Waals surface area contributed by atoms with Gasteiger partial charge < -0.3 is 18.9 Å². The zero-order valence-corrected chi connectivity index (χ0v) is 18.7. The van der Waals surface area contributed by atoms with Gasteiger partial charge in [0, 0.05) is 0 Å². The van der Waals surface area contributed by atoms with Crippen LogP contribution in [0.15, 0.2) is 47.6 Å². The Balaban J connectivity index is 2.11. The van der Waals surface area contributed by atoms with Crippen LogP contribution in [0.4, 0.5) is 10.5 Å². The quantitative estimate of drug-likeness (QED) is 0.256. The molecule has 32 heavy (non-hydrogen) atoms. The van der Waals surface area contributed by atoms with Crippen LogP contribution in [0, 0.1) is 0 Å². The van der Waals surface area contributed by atoms with Gasteiger partial charge in [-0.05, 0) is 35.9 Å². The van der Waals surface area contributed by atoms with Gasteiger partial charge in [0.2, 0.25) is 10.0 Å². The molecule has 0 heterocycles. The minimum atomic E-state index is -3.78. The zero-order valence-electron chi connectivity index (χ0n) is 17.9. The van der Waals surface area contributed by atoms with E-state index in [0.29, 0.717) is 11.3 Å². The first-order valence-corrected chi connectivity index (χ1v) is 10.9. The van der Waals surface area contributed by atoms with E-state index in [9.17, 15) is 18.0 Å². The number of carbonyl (C=O) groups is 2. The third-order valence-corrected chi connectivity index (χ3v) is 5.12. The fourth-order valence-corrected chi connectivity index (χ4v) is 3.40. The van der Waals surface area contributed by atoms with Crippen LogP contribution in [-0.4, -0.2) is 60.8 Å². The highest BCUT2D eigenvalue weighted by atomic mass is 32.2. The largest absolute Gasteiger partial charge is 0.513 e. The molecule has 0 aliphatic heterocycles. The van der Waals surface area contributed by atoms with E-state index in [2.05, 4.69) is 15.3 Å². The third kappa shape index (κ3) is 6.60. The lowest BCUT2D eigenvalue weighted by Gasteiger charge is -2.23. The summed E-state index contributed by atoms with van der Waals surface area (Å²) in [5, 5.41) is 3.83. The zero-order chi connectivity index (χ0) is 23.7. The van der Waals surface area contributed by atoms with Crippen molar-refractivity contribution in [1.29, 1.82) is 0 Å². The Morgan fingerprint density at radius 2 is 1.72 bits per heavy atom. The molecule has 0 radical (unpaired) electrons. The lowest BCUT2D eigenvalue weighted by Crippen LogP contribution is -2.39. The molecule has 11 nitrogen and oxygen atoms in total. The number of hydrazone groups is 1. The monoisotopic (exact) mass is 465 g/mol. The first-order chi connectivity index (χ1) is 15.2. The minimum absolute atomic E-state index is 0.140. The summed E-state index contributed by atoms with van der Waals surface area (Å²) in [6, 6.07) is 11.0. The van der Waals surface area contributed by atoms with Crippen LogP contribution in [0.1, 0.15) is 5.56 Å². The van der Waals surface area contributed by atoms with E-state index in [1.165, 1.54) is 45.7 Å². The Morgan fingerprint density at radius 3 is 2.34 bits per heavy atom. The maximum atomic E-state index is 12.3. The summed E-state index contributed by atoms with van der Waals surface area (Å²) >= 11 is 0. The van der Waals surface area contributed by atoms with Gasteiger partial charge in [0.15, 0.2) is 11.5 Å². The SMILES string of the molecule is COC(=O)Oc1ccc(C=NNC(=O)CN(c2ccccc2OC)S(C)(=O)=O)cc1OC. The summed E-state index contributed by atoms with van der Waals surface area (Å²) in [5.74, 6) is 0.0111. The summed E-state index contributed by atoms with van der Waals surface area (Å²) in [6.07, 6.45) is 1.40. The van der Waals surface area contributed by atoms with Gasteiger partial charge in [0.1, 0.15) is 12.3 Å². The van der Waals surface area contributed by atoms with Crippen LogP contribution in [0.5, 0.6) is 17.2 Å². The van der Waals surface area contributed by atoms with Crippen molar-refractivity contribution in [1.82, 2.24) is 5.43 Å². The number of nitrogens with zero attached hydrogens (tertiary/aromatic N) is 2. The van der Waals surface area contributed by atoms with Gasteiger partial charge in [-0.15, -0.1) is 0 Å². The van der Waals surface area contributed by atoms with Gasteiger partial charge in [-0.25, -0.2) is 18.6 Å². The van der Waals surface area contributed by atoms with Crippen LogP contribution in [0.3, 0.4) is 0 Å². The molecule has 0 saturated heterocycles. The van der Waals surface area contributed by atoms with Gasteiger partial charge in [-0.2, -0.15) is 5.10 Å². The van der Waals surface area contributed by atoms with Crippen molar-refractivity contribution in [2.45, 2.75) is 0 Å². The fourth-order valence-electron chi connectivity index (χ4n) is 2.54. The molecular formula is C20H23N3O8S. The van der Waals surface area contributed by atoms with Crippen LogP contribution in [0.25, 0.3) is 0 Å². The van der Waals surface area contributed by atoms with Crippen molar-refractivity contribution in [3.8, 4) is 17.2 Å². The molecule has 2 aromatic carbocycles. The number of methoxy groups -OCH3 is 3. The molecule has 0 aliphatic carbocycles. The first-order valence-electron chi connectivity index (χ1n) is 9.06. The van der Waals surface area contributed by atoms with Gasteiger partial charge in [0.05, 0.1) is 39.5 Å². The summed E-state index contributed by atoms with van der Waals surface area (Å²) in [5.41, 5.74) is 3.01. The van der Waals surface area contributed by atoms with Crippen molar-refractivity contribution < 1.29 is 37.0 Å². The predicted octanol–water partition coefficient (Wildman–Crippen LogP) is 1.77. The number of hydrogen-bond donors (Lipinski definition) is 1. The Hall–Kier alpha value is -3.80. The number of ether oxygens (including phenoxy) is 4. The molecule has 0 unspecified atom stereocenters. The van der Waals surface area contributed by atoms with Crippen molar-refractivity contribution >= 4 is 34.0 Å². The normalized spacial score (nSPS) is 11.0. The molecule has 2 rings (SSSR count). The second-order valence-corrected chi connectivity index (χ2v) is 8.11. The predicted molar refractivity (Wildman–Crippen MR) is 117 cm³/mol. The molecule has 1 amide bonds. The van der Waals surface area contributed by atoms with E-state index >= 15 is 0 Å². The number of amides is 1. The molecule has 0 bridgehead atoms. The molecule has 172 valence electrons. The van der Waals surface area contributed by atoms with Crippen molar-refractivity contribution in [2.75, 3.05) is 38.4 Å². The summed E-state index contributed by atoms with van der Waals surface area (Å²) in [6.45, 7) is -0.508. The summed E-state index contributed by atoms with van der Waals surface area (Å²) < 4.78 is 45.1. The van der Waals surface area contributed by atoms with Gasteiger partial charge in [0.25, 0.3) is 5.91 Å². The summed E-state index contributed by atoms with van der Waals surface area (Å²) in [7, 11) is 0.192. The smallest absolute Gasteiger partial charge is 0.495 e. The fraction of sp³-hybridized carbons (Fsp3) is 0.250. The standard InChI is InChI=1S/C20H23N3O8S/c1-28-16-8-6-5-7-15(16)23(32(4,26)27)13-19(24)22-21-12-14-9-10-17(18(11-14)29-2)31-20(25)30-3/h5-12H,13H2,1-4H3,(H,22,24). The Kier molecular flexibility index (Phi) is 8.41. The highest BCUT2D eigenvalue weighted by molar-refractivity contribution is 7.92. The number of rotatable bonds is 9. The van der Waals surface area contributed by atoms with Crippen LogP contribution in [0.2, 0.25) is 0 Å². The van der Waals surface area contributed by atoms with E-state index in [-0.39, 0.29) is 17.2 Å². The van der Waals surface area contributed by atoms with Crippen molar-refractivity contribution in [3.63, 3.8) is 0 Å². The number of anilines is 1. The minimum Gasteiger partial charge on any atom is -0.495 e. The Bertz CT molecular complexity index is 1100. The highest BCUT2D eigenvalue weighted by Crippen LogP contribution is 2.29. The molecule has 0 aliphatic rings. The second-order valence-electron chi connectivity index (χ2n) is 6.20. The first kappa shape index (κ1) is 24.5. The van der Waals surface area contributed by atoms with Crippen molar-refractivity contribution in [3.05, 3.63) is 48.0 Å². The lowest BCUT2D eigenvalue weighted by atomic mass is 10.2. The molecule has 12 heteroatoms. The molecular weight excluding hydrogens is 442 g/mol. The van der Waals surface area contributed by atoms with Gasteiger partial charge >= 0.3 is 6.16 Å². The number of nitrogens with one attached hydrogen (secondary N) is 1. The lowest BCUT2D eigenvalue weighted by molar-refractivity contribution is -0.119. The Labute approximate surface area is 185 Å². The Morgan fingerprint density at radius 1 is 1.03 bits per heavy atom. The average molecular weight is 465 g/mol. The topological polar surface area (TPSA) is 133 Å². The number of hydrogen-bond acceptors (Lipinski definition) is 9. The van der Waals surface area contributed by atoms with Gasteiger partial charge in [-0.3, -0.25) is 9.10 Å². The molecule has 0 aromatic heterocycles. The maximum absolute atomic E-state index is 12.3. The molecule has 0 spiro atoms. The van der Waals surface area contributed by atoms with E-state index in [0.717, 1.165) is 10.6 Å². The summed E-state index contributed by atoms with van der Waals surface area (Å²) in [4.78, 5) is 23.6.